The topological polar surface area (TPSA) is 30.3 Å². The first-order valence-corrected chi connectivity index (χ1v) is 8.09. The van der Waals surface area contributed by atoms with Crippen LogP contribution in [0.3, 0.4) is 0 Å². The van der Waals surface area contributed by atoms with Gasteiger partial charge in [-0.05, 0) is 37.5 Å². The fourth-order valence-corrected chi connectivity index (χ4v) is 3.43. The fraction of sp³-hybridized carbons (Fsp3) is 0.812. The zero-order chi connectivity index (χ0) is 13.5. The Bertz CT molecular complexity index is 476. The Morgan fingerprint density at radius 3 is 2.65 bits per heavy atom. The highest BCUT2D eigenvalue weighted by molar-refractivity contribution is 5.25. The second-order valence-corrected chi connectivity index (χ2v) is 6.99. The molecule has 4 nitrogen and oxygen atoms in total. The van der Waals surface area contributed by atoms with Gasteiger partial charge in [-0.25, -0.2) is 0 Å². The molecule has 3 aliphatic rings. The van der Waals surface area contributed by atoms with Gasteiger partial charge in [0.1, 0.15) is 0 Å². The van der Waals surface area contributed by atoms with Gasteiger partial charge >= 0.3 is 0 Å². The molecule has 4 heteroatoms. The van der Waals surface area contributed by atoms with Crippen molar-refractivity contribution >= 4 is 0 Å². The molecule has 0 aromatic carbocycles. The summed E-state index contributed by atoms with van der Waals surface area (Å²) in [4.78, 5) is 2.60. The summed E-state index contributed by atoms with van der Waals surface area (Å²) in [5.41, 5.74) is 2.75. The first-order chi connectivity index (χ1) is 9.81. The predicted molar refractivity (Wildman–Crippen MR) is 77.6 cm³/mol. The molecule has 2 heterocycles. The second kappa shape index (κ2) is 5.15. The smallest absolute Gasteiger partial charge is 0.0800 e. The molecule has 0 bridgehead atoms. The van der Waals surface area contributed by atoms with E-state index in [-0.39, 0.29) is 0 Å². The Morgan fingerprint density at radius 1 is 1.20 bits per heavy atom. The van der Waals surface area contributed by atoms with Crippen LogP contribution in [0.15, 0.2) is 6.20 Å². The van der Waals surface area contributed by atoms with E-state index in [1.54, 1.807) is 0 Å². The summed E-state index contributed by atoms with van der Waals surface area (Å²) in [6, 6.07) is 0. The molecule has 1 aromatic rings. The van der Waals surface area contributed by atoms with Crippen LogP contribution in [0.25, 0.3) is 0 Å². The lowest BCUT2D eigenvalue weighted by Crippen LogP contribution is -2.36. The monoisotopic (exact) mass is 275 g/mol. The molecule has 1 unspecified atom stereocenters. The quantitative estimate of drug-likeness (QED) is 0.797. The number of aromatic nitrogens is 2. The lowest BCUT2D eigenvalue weighted by Gasteiger charge is -2.31. The van der Waals surface area contributed by atoms with Gasteiger partial charge in [0.2, 0.25) is 0 Å². The van der Waals surface area contributed by atoms with E-state index in [4.69, 9.17) is 9.84 Å². The molecule has 4 rings (SSSR count). The lowest BCUT2D eigenvalue weighted by atomic mass is 9.95. The molecule has 0 N–H and O–H groups in total. The Hall–Kier alpha value is -0.870. The van der Waals surface area contributed by atoms with Gasteiger partial charge in [0, 0.05) is 51.0 Å². The standard InChI is InChI=1S/C16H25N3O/c1-20-11-14-8-18(6-12-2-3-12)10-16-15(14)9-19(17-16)7-13-4-5-13/h9,12-14H,2-8,10-11H2,1H3. The number of ether oxygens (including phenoxy) is 1. The van der Waals surface area contributed by atoms with Gasteiger partial charge in [0.25, 0.3) is 0 Å². The summed E-state index contributed by atoms with van der Waals surface area (Å²) in [5.74, 6) is 2.35. The van der Waals surface area contributed by atoms with Crippen LogP contribution in [0.1, 0.15) is 42.9 Å². The molecule has 2 saturated carbocycles. The summed E-state index contributed by atoms with van der Waals surface area (Å²) < 4.78 is 7.65. The highest BCUT2D eigenvalue weighted by atomic mass is 16.5. The van der Waals surface area contributed by atoms with Gasteiger partial charge in [-0.1, -0.05) is 0 Å². The third-order valence-electron chi connectivity index (χ3n) is 4.89. The van der Waals surface area contributed by atoms with Crippen molar-refractivity contribution in [2.75, 3.05) is 26.8 Å². The van der Waals surface area contributed by atoms with Crippen molar-refractivity contribution in [3.63, 3.8) is 0 Å². The first-order valence-electron chi connectivity index (χ1n) is 8.09. The van der Waals surface area contributed by atoms with Crippen LogP contribution in [0.4, 0.5) is 0 Å². The van der Waals surface area contributed by atoms with Gasteiger partial charge in [-0.3, -0.25) is 9.58 Å². The minimum atomic E-state index is 0.510. The summed E-state index contributed by atoms with van der Waals surface area (Å²) in [7, 11) is 1.81. The van der Waals surface area contributed by atoms with Crippen LogP contribution in [0.5, 0.6) is 0 Å². The van der Waals surface area contributed by atoms with Crippen LogP contribution in [0.2, 0.25) is 0 Å². The molecular weight excluding hydrogens is 250 g/mol. The molecule has 0 radical (unpaired) electrons. The van der Waals surface area contributed by atoms with Crippen LogP contribution in [0, 0.1) is 11.8 Å². The molecule has 0 saturated heterocycles. The van der Waals surface area contributed by atoms with E-state index in [0.29, 0.717) is 5.92 Å². The number of methoxy groups -OCH3 is 1. The predicted octanol–water partition coefficient (Wildman–Crippen LogP) is 2.25. The zero-order valence-electron chi connectivity index (χ0n) is 12.4. The maximum Gasteiger partial charge on any atom is 0.0800 e. The molecule has 0 spiro atoms. The largest absolute Gasteiger partial charge is 0.384 e. The Balaban J connectivity index is 1.52. The molecule has 2 aliphatic carbocycles. The van der Waals surface area contributed by atoms with Gasteiger partial charge in [-0.15, -0.1) is 0 Å². The van der Waals surface area contributed by atoms with E-state index in [1.165, 1.54) is 43.5 Å². The van der Waals surface area contributed by atoms with E-state index in [0.717, 1.165) is 38.1 Å². The molecule has 110 valence electrons. The van der Waals surface area contributed by atoms with Crippen molar-refractivity contribution in [2.24, 2.45) is 11.8 Å². The minimum Gasteiger partial charge on any atom is -0.384 e. The number of nitrogens with zero attached hydrogens (tertiary/aromatic N) is 3. The molecule has 1 aliphatic heterocycles. The Morgan fingerprint density at radius 2 is 1.95 bits per heavy atom. The Kier molecular flexibility index (Phi) is 3.31. The molecule has 20 heavy (non-hydrogen) atoms. The van der Waals surface area contributed by atoms with Crippen molar-refractivity contribution in [2.45, 2.75) is 44.7 Å². The average Bonchev–Trinajstić information content (AvgIpc) is 3.31. The maximum absolute atomic E-state index is 5.45. The summed E-state index contributed by atoms with van der Waals surface area (Å²) in [6.07, 6.45) is 7.92. The molecule has 2 fully saturated rings. The van der Waals surface area contributed by atoms with Gasteiger partial charge in [0.15, 0.2) is 0 Å². The minimum absolute atomic E-state index is 0.510. The van der Waals surface area contributed by atoms with E-state index in [2.05, 4.69) is 15.8 Å². The van der Waals surface area contributed by atoms with Crippen molar-refractivity contribution in [3.05, 3.63) is 17.5 Å². The summed E-state index contributed by atoms with van der Waals surface area (Å²) in [6.45, 7) is 5.39. The SMILES string of the molecule is COCC1CN(CC2CC2)Cc2nn(CC3CC3)cc21. The third kappa shape index (κ3) is 2.77. The van der Waals surface area contributed by atoms with Crippen LogP contribution < -0.4 is 0 Å². The average molecular weight is 275 g/mol. The number of rotatable bonds is 6. The number of fused-ring (bicyclic) bond motifs is 1. The fourth-order valence-electron chi connectivity index (χ4n) is 3.43. The van der Waals surface area contributed by atoms with Crippen molar-refractivity contribution in [1.82, 2.24) is 14.7 Å². The van der Waals surface area contributed by atoms with E-state index in [1.807, 2.05) is 7.11 Å². The van der Waals surface area contributed by atoms with Crippen LogP contribution in [-0.2, 0) is 17.8 Å². The first kappa shape index (κ1) is 12.8. The van der Waals surface area contributed by atoms with Gasteiger partial charge in [-0.2, -0.15) is 5.10 Å². The normalized spacial score (nSPS) is 26.8. The Labute approximate surface area is 121 Å². The molecule has 1 atom stereocenters. The van der Waals surface area contributed by atoms with E-state index >= 15 is 0 Å². The molecule has 1 aromatic heterocycles. The van der Waals surface area contributed by atoms with Crippen LogP contribution in [-0.4, -0.2) is 41.5 Å². The highest BCUT2D eigenvalue weighted by Crippen LogP contribution is 2.35. The van der Waals surface area contributed by atoms with E-state index in [9.17, 15) is 0 Å². The van der Waals surface area contributed by atoms with Gasteiger partial charge in [0.05, 0.1) is 12.3 Å². The zero-order valence-corrected chi connectivity index (χ0v) is 12.4. The van der Waals surface area contributed by atoms with Crippen LogP contribution >= 0.6 is 0 Å². The third-order valence-corrected chi connectivity index (χ3v) is 4.89. The summed E-state index contributed by atoms with van der Waals surface area (Å²) >= 11 is 0. The maximum atomic E-state index is 5.45. The van der Waals surface area contributed by atoms with E-state index < -0.39 is 0 Å². The number of hydrogen-bond donors (Lipinski definition) is 0. The van der Waals surface area contributed by atoms with Crippen molar-refractivity contribution in [3.8, 4) is 0 Å². The number of hydrogen-bond acceptors (Lipinski definition) is 3. The second-order valence-electron chi connectivity index (χ2n) is 6.99. The summed E-state index contributed by atoms with van der Waals surface area (Å²) in [5, 5.41) is 4.86. The van der Waals surface area contributed by atoms with Crippen molar-refractivity contribution in [1.29, 1.82) is 0 Å². The lowest BCUT2D eigenvalue weighted by molar-refractivity contribution is 0.136. The molecule has 0 amide bonds. The highest BCUT2D eigenvalue weighted by Gasteiger charge is 2.32. The van der Waals surface area contributed by atoms with Gasteiger partial charge < -0.3 is 4.74 Å². The molecular formula is C16H25N3O. The van der Waals surface area contributed by atoms with Crippen molar-refractivity contribution < 1.29 is 4.74 Å².